The number of imidazole rings is 1. The second-order valence-corrected chi connectivity index (χ2v) is 9.62. The van der Waals surface area contributed by atoms with Gasteiger partial charge in [-0.05, 0) is 30.5 Å². The number of nitrogens with one attached hydrogen (secondary N) is 2. The number of nitrogen functional groups attached to an aromatic ring is 1. The van der Waals surface area contributed by atoms with Gasteiger partial charge in [0.15, 0.2) is 11.5 Å². The number of hydrogen-bond donors (Lipinski definition) is 3. The second-order valence-electron chi connectivity index (χ2n) is 9.62. The van der Waals surface area contributed by atoms with Crippen molar-refractivity contribution in [2.24, 2.45) is 7.05 Å². The molecule has 0 saturated heterocycles. The molecule has 4 N–H and O–H groups in total. The zero-order chi connectivity index (χ0) is 28.5. The topological polar surface area (TPSA) is 154 Å². The Kier molecular flexibility index (Phi) is 6.52. The molecule has 6 rings (SSSR count). The van der Waals surface area contributed by atoms with E-state index in [-0.39, 0.29) is 16.9 Å². The zero-order valence-corrected chi connectivity index (χ0v) is 22.4. The molecule has 0 aliphatic rings. The SMILES string of the molecule is CC(NC(=O)c1c(N)nn2cccnc12)c1cc2cccc(C#Cc3cnn(C)c3)c2c(=O)n1CCc1cnc[nH]1. The van der Waals surface area contributed by atoms with Crippen molar-refractivity contribution in [1.82, 2.24) is 44.2 Å². The van der Waals surface area contributed by atoms with E-state index in [2.05, 4.69) is 42.3 Å². The summed E-state index contributed by atoms with van der Waals surface area (Å²) >= 11 is 0. The Morgan fingerprint density at radius 3 is 2.88 bits per heavy atom. The van der Waals surface area contributed by atoms with Crippen LogP contribution in [-0.2, 0) is 20.0 Å². The van der Waals surface area contributed by atoms with Crippen LogP contribution in [0.4, 0.5) is 5.82 Å². The summed E-state index contributed by atoms with van der Waals surface area (Å²) in [6.07, 6.45) is 10.6. The van der Waals surface area contributed by atoms with E-state index in [0.29, 0.717) is 35.3 Å². The lowest BCUT2D eigenvalue weighted by Gasteiger charge is -2.21. The molecule has 12 heteroatoms. The first-order chi connectivity index (χ1) is 19.9. The van der Waals surface area contributed by atoms with Crippen LogP contribution < -0.4 is 16.6 Å². The first kappa shape index (κ1) is 25.6. The fourth-order valence-corrected chi connectivity index (χ4v) is 4.86. The van der Waals surface area contributed by atoms with Crippen LogP contribution in [0.25, 0.3) is 16.4 Å². The number of rotatable bonds is 6. The van der Waals surface area contributed by atoms with E-state index in [9.17, 15) is 9.59 Å². The van der Waals surface area contributed by atoms with Gasteiger partial charge in [-0.2, -0.15) is 5.10 Å². The average Bonchev–Trinajstić information content (AvgIpc) is 3.70. The molecule has 204 valence electrons. The molecule has 0 bridgehead atoms. The van der Waals surface area contributed by atoms with Crippen LogP contribution in [-0.4, -0.2) is 44.8 Å². The van der Waals surface area contributed by atoms with Crippen LogP contribution in [0.2, 0.25) is 0 Å². The Bertz CT molecular complexity index is 2020. The molecule has 0 fully saturated rings. The molecule has 1 amide bonds. The number of aromatic nitrogens is 8. The highest BCUT2D eigenvalue weighted by molar-refractivity contribution is 6.04. The zero-order valence-electron chi connectivity index (χ0n) is 22.4. The Morgan fingerprint density at radius 2 is 2.10 bits per heavy atom. The van der Waals surface area contributed by atoms with E-state index >= 15 is 0 Å². The summed E-state index contributed by atoms with van der Waals surface area (Å²) in [5.41, 5.74) is 9.28. The van der Waals surface area contributed by atoms with Gasteiger partial charge in [-0.25, -0.2) is 14.5 Å². The fraction of sp³-hybridized carbons (Fsp3) is 0.172. The van der Waals surface area contributed by atoms with Crippen molar-refractivity contribution >= 4 is 28.1 Å². The minimum absolute atomic E-state index is 0.0698. The Balaban J connectivity index is 1.42. The van der Waals surface area contributed by atoms with Crippen molar-refractivity contribution in [3.8, 4) is 11.8 Å². The van der Waals surface area contributed by atoms with Gasteiger partial charge in [-0.1, -0.05) is 24.0 Å². The summed E-state index contributed by atoms with van der Waals surface area (Å²) in [4.78, 5) is 38.9. The minimum atomic E-state index is -0.551. The highest BCUT2D eigenvalue weighted by atomic mass is 16.2. The van der Waals surface area contributed by atoms with Gasteiger partial charge in [0.2, 0.25) is 0 Å². The van der Waals surface area contributed by atoms with Gasteiger partial charge < -0.3 is 20.6 Å². The summed E-state index contributed by atoms with van der Waals surface area (Å²) in [5, 5.41) is 12.6. The predicted octanol–water partition coefficient (Wildman–Crippen LogP) is 2.22. The predicted molar refractivity (Wildman–Crippen MR) is 153 cm³/mol. The molecule has 0 radical (unpaired) electrons. The molecule has 1 atom stereocenters. The van der Waals surface area contributed by atoms with Crippen LogP contribution in [0.1, 0.15) is 45.8 Å². The van der Waals surface area contributed by atoms with Crippen molar-refractivity contribution in [3.05, 3.63) is 106 Å². The second kappa shape index (κ2) is 10.5. The lowest BCUT2D eigenvalue weighted by Crippen LogP contribution is -2.33. The smallest absolute Gasteiger partial charge is 0.259 e. The molecule has 0 aliphatic carbocycles. The number of pyridine rings is 1. The van der Waals surface area contributed by atoms with Crippen molar-refractivity contribution in [2.75, 3.05) is 5.73 Å². The van der Waals surface area contributed by atoms with E-state index in [1.165, 1.54) is 4.52 Å². The molecule has 41 heavy (non-hydrogen) atoms. The first-order valence-corrected chi connectivity index (χ1v) is 12.9. The van der Waals surface area contributed by atoms with E-state index in [1.54, 1.807) is 46.4 Å². The number of amides is 1. The van der Waals surface area contributed by atoms with Gasteiger partial charge in [0.05, 0.1) is 29.5 Å². The maximum atomic E-state index is 14.1. The van der Waals surface area contributed by atoms with Gasteiger partial charge in [0.25, 0.3) is 11.5 Å². The van der Waals surface area contributed by atoms with Gasteiger partial charge in [0, 0.05) is 61.8 Å². The summed E-state index contributed by atoms with van der Waals surface area (Å²) in [7, 11) is 1.82. The molecule has 5 aromatic heterocycles. The number of H-pyrrole nitrogens is 1. The van der Waals surface area contributed by atoms with Crippen LogP contribution in [0.3, 0.4) is 0 Å². The van der Waals surface area contributed by atoms with Crippen LogP contribution >= 0.6 is 0 Å². The summed E-state index contributed by atoms with van der Waals surface area (Å²) in [6, 6.07) is 8.63. The van der Waals surface area contributed by atoms with Crippen LogP contribution in [0.15, 0.2) is 72.4 Å². The molecule has 1 unspecified atom stereocenters. The third-order valence-electron chi connectivity index (χ3n) is 6.82. The van der Waals surface area contributed by atoms with Crippen LogP contribution in [0.5, 0.6) is 0 Å². The maximum absolute atomic E-state index is 14.1. The number of fused-ring (bicyclic) bond motifs is 2. The standard InChI is InChI=1S/C29H26N10O2/c1-18(35-28(40)25-26(30)36-39-11-4-10-32-27(25)39)23-13-21-6-3-5-20(8-7-19-14-34-37(2)16-19)24(21)29(41)38(23)12-9-22-15-31-17-33-22/h3-6,10-11,13-18H,9,12H2,1-2H3,(H2,30,36)(H,31,33)(H,35,40). The van der Waals surface area contributed by atoms with E-state index in [4.69, 9.17) is 5.73 Å². The monoisotopic (exact) mass is 546 g/mol. The Labute approximate surface area is 233 Å². The number of aromatic amines is 1. The number of nitrogens with zero attached hydrogens (tertiary/aromatic N) is 7. The number of carbonyl (C=O) groups is 1. The van der Waals surface area contributed by atoms with Gasteiger partial charge in [-0.15, -0.1) is 5.10 Å². The summed E-state index contributed by atoms with van der Waals surface area (Å²) in [5.74, 6) is 5.87. The molecule has 0 spiro atoms. The number of hydrogen-bond acceptors (Lipinski definition) is 7. The van der Waals surface area contributed by atoms with Crippen molar-refractivity contribution in [1.29, 1.82) is 0 Å². The molecule has 0 saturated carbocycles. The Morgan fingerprint density at radius 1 is 1.22 bits per heavy atom. The molecule has 6 aromatic rings. The molecule has 5 heterocycles. The Hall–Kier alpha value is -5.70. The average molecular weight is 547 g/mol. The van der Waals surface area contributed by atoms with E-state index in [0.717, 1.165) is 16.6 Å². The molecule has 1 aromatic carbocycles. The highest BCUT2D eigenvalue weighted by Gasteiger charge is 2.23. The molecule has 0 aliphatic heterocycles. The lowest BCUT2D eigenvalue weighted by atomic mass is 10.0. The molecule has 12 nitrogen and oxygen atoms in total. The number of carbonyl (C=O) groups excluding carboxylic acids is 1. The molecular weight excluding hydrogens is 520 g/mol. The third-order valence-corrected chi connectivity index (χ3v) is 6.82. The number of anilines is 1. The van der Waals surface area contributed by atoms with Gasteiger partial charge in [0.1, 0.15) is 5.56 Å². The largest absolute Gasteiger partial charge is 0.381 e. The minimum Gasteiger partial charge on any atom is -0.381 e. The maximum Gasteiger partial charge on any atom is 0.259 e. The van der Waals surface area contributed by atoms with Crippen LogP contribution in [0, 0.1) is 11.8 Å². The lowest BCUT2D eigenvalue weighted by molar-refractivity contribution is 0.0940. The number of benzene rings is 1. The quantitative estimate of drug-likeness (QED) is 0.271. The van der Waals surface area contributed by atoms with Gasteiger partial charge in [-0.3, -0.25) is 14.3 Å². The summed E-state index contributed by atoms with van der Waals surface area (Å²) < 4.78 is 4.81. The number of aryl methyl sites for hydroxylation is 2. The van der Waals surface area contributed by atoms with Gasteiger partial charge >= 0.3 is 0 Å². The van der Waals surface area contributed by atoms with Crippen molar-refractivity contribution in [3.63, 3.8) is 0 Å². The van der Waals surface area contributed by atoms with E-state index in [1.807, 2.05) is 44.4 Å². The highest BCUT2D eigenvalue weighted by Crippen LogP contribution is 2.23. The number of nitrogens with two attached hydrogens (primary N) is 1. The normalized spacial score (nSPS) is 11.9. The molecular formula is C29H26N10O2. The fourth-order valence-electron chi connectivity index (χ4n) is 4.86. The van der Waals surface area contributed by atoms with Crippen molar-refractivity contribution in [2.45, 2.75) is 25.9 Å². The van der Waals surface area contributed by atoms with E-state index < -0.39 is 11.9 Å². The first-order valence-electron chi connectivity index (χ1n) is 12.9. The van der Waals surface area contributed by atoms with Crippen molar-refractivity contribution < 1.29 is 4.79 Å². The summed E-state index contributed by atoms with van der Waals surface area (Å²) in [6.45, 7) is 2.18. The third kappa shape index (κ3) is 4.92.